The van der Waals surface area contributed by atoms with Gasteiger partial charge in [-0.2, -0.15) is 0 Å². The highest BCUT2D eigenvalue weighted by atomic mass is 16.5. The third-order valence-electron chi connectivity index (χ3n) is 3.68. The highest BCUT2D eigenvalue weighted by Crippen LogP contribution is 2.08. The van der Waals surface area contributed by atoms with Gasteiger partial charge in [-0.1, -0.05) is 0 Å². The van der Waals surface area contributed by atoms with Crippen LogP contribution in [0, 0.1) is 0 Å². The largest absolute Gasteiger partial charge is 0.385 e. The Morgan fingerprint density at radius 3 is 2.68 bits per heavy atom. The normalized spacial score (nSPS) is 11.4. The number of rotatable bonds is 8. The van der Waals surface area contributed by atoms with Crippen molar-refractivity contribution in [2.45, 2.75) is 32.4 Å². The predicted octanol–water partition coefficient (Wildman–Crippen LogP) is -0.328. The Morgan fingerprint density at radius 2 is 2.00 bits per heavy atom. The van der Waals surface area contributed by atoms with E-state index >= 15 is 0 Å². The second kappa shape index (κ2) is 7.37. The Hall–Kier alpha value is -1.93. The molecule has 8 heteroatoms. The van der Waals surface area contributed by atoms with Gasteiger partial charge < -0.3 is 15.0 Å². The van der Waals surface area contributed by atoms with E-state index in [9.17, 15) is 9.59 Å². The summed E-state index contributed by atoms with van der Waals surface area (Å²) in [4.78, 5) is 29.0. The number of nitrogens with zero attached hydrogens (tertiary/aromatic N) is 4. The van der Waals surface area contributed by atoms with Crippen LogP contribution in [-0.4, -0.2) is 38.9 Å². The maximum atomic E-state index is 12.4. The van der Waals surface area contributed by atoms with Crippen LogP contribution < -0.4 is 17.0 Å². The summed E-state index contributed by atoms with van der Waals surface area (Å²) in [5, 5.41) is 0. The monoisotopic (exact) mass is 309 g/mol. The number of aryl methyl sites for hydroxylation is 2. The van der Waals surface area contributed by atoms with Crippen molar-refractivity contribution in [1.82, 2.24) is 18.7 Å². The predicted molar refractivity (Wildman–Crippen MR) is 84.0 cm³/mol. The van der Waals surface area contributed by atoms with Gasteiger partial charge >= 0.3 is 5.69 Å². The summed E-state index contributed by atoms with van der Waals surface area (Å²) in [5.41, 5.74) is 5.75. The van der Waals surface area contributed by atoms with Crippen molar-refractivity contribution < 1.29 is 4.74 Å². The van der Waals surface area contributed by atoms with Crippen molar-refractivity contribution in [3.05, 3.63) is 27.2 Å². The molecule has 0 radical (unpaired) electrons. The Morgan fingerprint density at radius 1 is 1.23 bits per heavy atom. The van der Waals surface area contributed by atoms with Gasteiger partial charge in [0.15, 0.2) is 11.2 Å². The average Bonchev–Trinajstić information content (AvgIpc) is 2.93. The first kappa shape index (κ1) is 16.4. The number of unbranched alkanes of at least 4 members (excludes halogenated alkanes) is 1. The number of methoxy groups -OCH3 is 1. The summed E-state index contributed by atoms with van der Waals surface area (Å²) in [5.74, 6) is 0. The first-order valence-corrected chi connectivity index (χ1v) is 7.45. The molecule has 0 saturated carbocycles. The Balaban J connectivity index is 2.47. The minimum absolute atomic E-state index is 0.312. The number of hydrogen-bond donors (Lipinski definition) is 1. The first-order valence-electron chi connectivity index (χ1n) is 7.45. The van der Waals surface area contributed by atoms with Crippen LogP contribution in [-0.2, 0) is 24.9 Å². The summed E-state index contributed by atoms with van der Waals surface area (Å²) in [6.45, 7) is 2.30. The van der Waals surface area contributed by atoms with Crippen molar-refractivity contribution in [2.75, 3.05) is 20.3 Å². The molecule has 2 rings (SSSR count). The summed E-state index contributed by atoms with van der Waals surface area (Å²) < 4.78 is 9.50. The highest BCUT2D eigenvalue weighted by molar-refractivity contribution is 5.70. The molecule has 8 nitrogen and oxygen atoms in total. The molecule has 122 valence electrons. The third-order valence-corrected chi connectivity index (χ3v) is 3.68. The van der Waals surface area contributed by atoms with E-state index in [-0.39, 0.29) is 11.2 Å². The Kier molecular flexibility index (Phi) is 5.51. The zero-order chi connectivity index (χ0) is 16.1. The molecule has 0 aliphatic heterocycles. The number of fused-ring (bicyclic) bond motifs is 1. The number of ether oxygens (including phenoxy) is 1. The standard InChI is InChI=1S/C14H23N5O3/c1-17-13(20)11-12(16-10-18(11)7-4-3-6-15)19(14(17)21)8-5-9-22-2/h10H,3-9,15H2,1-2H3. The molecule has 0 saturated heterocycles. The van der Waals surface area contributed by atoms with E-state index in [4.69, 9.17) is 10.5 Å². The SMILES string of the molecule is COCCCn1c(=O)n(C)c(=O)c2c1ncn2CCCCN. The second-order valence-electron chi connectivity index (χ2n) is 5.25. The number of aromatic nitrogens is 4. The molecule has 0 atom stereocenters. The second-order valence-corrected chi connectivity index (χ2v) is 5.25. The average molecular weight is 309 g/mol. The van der Waals surface area contributed by atoms with E-state index in [2.05, 4.69) is 4.98 Å². The van der Waals surface area contributed by atoms with E-state index in [0.717, 1.165) is 17.4 Å². The molecule has 0 aliphatic carbocycles. The van der Waals surface area contributed by atoms with Gasteiger partial charge in [0.2, 0.25) is 0 Å². The lowest BCUT2D eigenvalue weighted by molar-refractivity contribution is 0.190. The fourth-order valence-corrected chi connectivity index (χ4v) is 2.47. The van der Waals surface area contributed by atoms with Gasteiger partial charge in [-0.15, -0.1) is 0 Å². The quantitative estimate of drug-likeness (QED) is 0.674. The third kappa shape index (κ3) is 3.12. The lowest BCUT2D eigenvalue weighted by atomic mass is 10.3. The van der Waals surface area contributed by atoms with Gasteiger partial charge in [-0.3, -0.25) is 13.9 Å². The van der Waals surface area contributed by atoms with Crippen molar-refractivity contribution in [3.63, 3.8) is 0 Å². The Labute approximate surface area is 128 Å². The molecule has 0 aromatic carbocycles. The van der Waals surface area contributed by atoms with Crippen molar-refractivity contribution in [1.29, 1.82) is 0 Å². The summed E-state index contributed by atoms with van der Waals surface area (Å²) in [6, 6.07) is 0. The molecule has 2 N–H and O–H groups in total. The molecule has 2 aromatic heterocycles. The number of hydrogen-bond acceptors (Lipinski definition) is 5. The summed E-state index contributed by atoms with van der Waals surface area (Å²) in [6.07, 6.45) is 4.06. The van der Waals surface area contributed by atoms with Crippen LogP contribution in [0.3, 0.4) is 0 Å². The summed E-state index contributed by atoms with van der Waals surface area (Å²) in [7, 11) is 3.11. The van der Waals surface area contributed by atoms with Crippen LogP contribution in [0.2, 0.25) is 0 Å². The van der Waals surface area contributed by atoms with E-state index in [0.29, 0.717) is 43.8 Å². The molecule has 0 aliphatic rings. The minimum atomic E-state index is -0.346. The fraction of sp³-hybridized carbons (Fsp3) is 0.643. The van der Waals surface area contributed by atoms with E-state index in [1.807, 2.05) is 0 Å². The Bertz CT molecular complexity index is 743. The lowest BCUT2D eigenvalue weighted by Gasteiger charge is -2.10. The van der Waals surface area contributed by atoms with Crippen LogP contribution in [0.15, 0.2) is 15.9 Å². The van der Waals surface area contributed by atoms with Gasteiger partial charge in [0.05, 0.1) is 6.33 Å². The molecule has 0 spiro atoms. The zero-order valence-corrected chi connectivity index (χ0v) is 13.1. The number of imidazole rings is 1. The topological polar surface area (TPSA) is 97.1 Å². The van der Waals surface area contributed by atoms with Gasteiger partial charge in [0.1, 0.15) is 0 Å². The van der Waals surface area contributed by atoms with Crippen LogP contribution >= 0.6 is 0 Å². The molecular weight excluding hydrogens is 286 g/mol. The smallest absolute Gasteiger partial charge is 0.332 e. The van der Waals surface area contributed by atoms with Crippen molar-refractivity contribution in [3.8, 4) is 0 Å². The van der Waals surface area contributed by atoms with Gasteiger partial charge in [-0.25, -0.2) is 9.78 Å². The van der Waals surface area contributed by atoms with Crippen molar-refractivity contribution in [2.24, 2.45) is 12.8 Å². The fourth-order valence-electron chi connectivity index (χ4n) is 2.47. The van der Waals surface area contributed by atoms with Crippen LogP contribution in [0.5, 0.6) is 0 Å². The number of nitrogens with two attached hydrogens (primary N) is 1. The molecule has 22 heavy (non-hydrogen) atoms. The van der Waals surface area contributed by atoms with Gasteiger partial charge in [-0.05, 0) is 25.8 Å². The van der Waals surface area contributed by atoms with Crippen molar-refractivity contribution >= 4 is 11.2 Å². The molecule has 2 aromatic rings. The minimum Gasteiger partial charge on any atom is -0.385 e. The van der Waals surface area contributed by atoms with Crippen LogP contribution in [0.1, 0.15) is 19.3 Å². The van der Waals surface area contributed by atoms with Gasteiger partial charge in [0, 0.05) is 33.9 Å². The van der Waals surface area contributed by atoms with E-state index in [1.54, 1.807) is 18.0 Å². The van der Waals surface area contributed by atoms with Crippen LogP contribution in [0.4, 0.5) is 0 Å². The molecule has 0 bridgehead atoms. The summed E-state index contributed by atoms with van der Waals surface area (Å²) >= 11 is 0. The molecule has 0 amide bonds. The van der Waals surface area contributed by atoms with Gasteiger partial charge in [0.25, 0.3) is 5.56 Å². The van der Waals surface area contributed by atoms with E-state index < -0.39 is 0 Å². The zero-order valence-electron chi connectivity index (χ0n) is 13.1. The van der Waals surface area contributed by atoms with Crippen LogP contribution in [0.25, 0.3) is 11.2 Å². The lowest BCUT2D eigenvalue weighted by Crippen LogP contribution is -2.39. The van der Waals surface area contributed by atoms with E-state index in [1.165, 1.54) is 11.6 Å². The highest BCUT2D eigenvalue weighted by Gasteiger charge is 2.15. The first-order chi connectivity index (χ1) is 10.6. The molecule has 2 heterocycles. The maximum Gasteiger partial charge on any atom is 0.332 e. The maximum absolute atomic E-state index is 12.4. The molecular formula is C14H23N5O3. The molecule has 0 unspecified atom stereocenters. The molecule has 0 fully saturated rings.